The molecule has 4 aromatic rings. The maximum atomic E-state index is 14.1. The quantitative estimate of drug-likeness (QED) is 0.345. The van der Waals surface area contributed by atoms with Crippen molar-refractivity contribution in [2.75, 3.05) is 13.7 Å². The highest BCUT2D eigenvalue weighted by molar-refractivity contribution is 7.13. The third kappa shape index (κ3) is 3.52. The number of amides is 1. The van der Waals surface area contributed by atoms with Crippen LogP contribution in [0.5, 0.6) is 5.75 Å². The van der Waals surface area contributed by atoms with E-state index < -0.39 is 0 Å². The summed E-state index contributed by atoms with van der Waals surface area (Å²) < 4.78 is 9.95. The Bertz CT molecular complexity index is 1470. The highest BCUT2D eigenvalue weighted by Crippen LogP contribution is 2.48. The van der Waals surface area contributed by atoms with Gasteiger partial charge >= 0.3 is 0 Å². The number of fused-ring (bicyclic) bond motifs is 5. The molecule has 0 spiro atoms. The van der Waals surface area contributed by atoms with Gasteiger partial charge in [-0.15, -0.1) is 11.3 Å². The van der Waals surface area contributed by atoms with Crippen molar-refractivity contribution in [1.29, 1.82) is 0 Å². The zero-order valence-electron chi connectivity index (χ0n) is 21.6. The number of hydrogen-bond acceptors (Lipinski definition) is 4. The summed E-state index contributed by atoms with van der Waals surface area (Å²) in [7, 11) is 3.65. The van der Waals surface area contributed by atoms with E-state index in [9.17, 15) is 4.79 Å². The maximum absolute atomic E-state index is 14.1. The van der Waals surface area contributed by atoms with Crippen LogP contribution in [0.3, 0.4) is 0 Å². The van der Waals surface area contributed by atoms with Gasteiger partial charge < -0.3 is 14.2 Å². The van der Waals surface area contributed by atoms with Crippen molar-refractivity contribution in [1.82, 2.24) is 19.2 Å². The zero-order chi connectivity index (χ0) is 25.2. The van der Waals surface area contributed by atoms with Gasteiger partial charge in [-0.05, 0) is 80.8 Å². The number of carbonyl (C=O) groups excluding carboxylic acids is 1. The summed E-state index contributed by atoms with van der Waals surface area (Å²) in [5.74, 6) is 0.989. The van der Waals surface area contributed by atoms with Crippen LogP contribution in [-0.2, 0) is 26.4 Å². The Morgan fingerprint density at radius 2 is 1.89 bits per heavy atom. The molecular formula is C29H32N4O2S. The topological polar surface area (TPSA) is 52.3 Å². The van der Waals surface area contributed by atoms with Crippen LogP contribution < -0.4 is 4.74 Å². The number of carbonyl (C=O) groups is 1. The average molecular weight is 501 g/mol. The molecule has 5 heterocycles. The van der Waals surface area contributed by atoms with Crippen LogP contribution >= 0.6 is 11.3 Å². The first-order valence-electron chi connectivity index (χ1n) is 12.6. The fourth-order valence-electron chi connectivity index (χ4n) is 5.84. The number of hydrogen-bond donors (Lipinski definition) is 0. The lowest BCUT2D eigenvalue weighted by atomic mass is 9.91. The number of aromatic nitrogens is 3. The Kier molecular flexibility index (Phi) is 5.37. The molecule has 36 heavy (non-hydrogen) atoms. The first-order chi connectivity index (χ1) is 17.3. The molecule has 0 unspecified atom stereocenters. The summed E-state index contributed by atoms with van der Waals surface area (Å²) in [5.41, 5.74) is 8.53. The molecule has 6 nitrogen and oxygen atoms in total. The van der Waals surface area contributed by atoms with Gasteiger partial charge in [-0.2, -0.15) is 5.10 Å². The van der Waals surface area contributed by atoms with Gasteiger partial charge in [0.25, 0.3) is 5.91 Å². The smallest absolute Gasteiger partial charge is 0.271 e. The average Bonchev–Trinajstić information content (AvgIpc) is 3.56. The predicted octanol–water partition coefficient (Wildman–Crippen LogP) is 6.04. The number of nitrogens with zero attached hydrogens (tertiary/aromatic N) is 4. The molecular weight excluding hydrogens is 468 g/mol. The van der Waals surface area contributed by atoms with Crippen LogP contribution in [0.4, 0.5) is 0 Å². The van der Waals surface area contributed by atoms with Crippen molar-refractivity contribution in [3.05, 3.63) is 58.7 Å². The summed E-state index contributed by atoms with van der Waals surface area (Å²) in [6, 6.07) is 10.7. The molecule has 0 aliphatic carbocycles. The van der Waals surface area contributed by atoms with E-state index in [0.717, 1.165) is 60.7 Å². The van der Waals surface area contributed by atoms with Crippen LogP contribution in [-0.4, -0.2) is 44.3 Å². The second-order valence-electron chi connectivity index (χ2n) is 10.7. The van der Waals surface area contributed by atoms with Crippen LogP contribution in [0, 0.1) is 0 Å². The van der Waals surface area contributed by atoms with Crippen molar-refractivity contribution >= 4 is 17.2 Å². The van der Waals surface area contributed by atoms with Crippen LogP contribution in [0.2, 0.25) is 0 Å². The number of thiophene rings is 1. The SMILES string of the molecule is COc1cc2c(cc1-c1ccn(C)n1)-c1c(-c3cccs3)c3c(n1CC2)C(=O)N(C(C)(C)C)CCC3. The number of rotatable bonds is 3. The van der Waals surface area contributed by atoms with E-state index in [1.165, 1.54) is 27.1 Å². The lowest BCUT2D eigenvalue weighted by Crippen LogP contribution is -2.46. The molecule has 0 atom stereocenters. The Hall–Kier alpha value is -3.32. The molecule has 0 saturated heterocycles. The molecule has 186 valence electrons. The van der Waals surface area contributed by atoms with E-state index in [2.05, 4.69) is 65.0 Å². The third-order valence-electron chi connectivity index (χ3n) is 7.47. The molecule has 0 fully saturated rings. The lowest BCUT2D eigenvalue weighted by molar-refractivity contribution is 0.0579. The molecule has 7 heteroatoms. The molecule has 0 radical (unpaired) electrons. The highest BCUT2D eigenvalue weighted by atomic mass is 32.1. The van der Waals surface area contributed by atoms with Crippen molar-refractivity contribution < 1.29 is 9.53 Å². The van der Waals surface area contributed by atoms with Crippen molar-refractivity contribution in [3.8, 4) is 38.7 Å². The normalized spacial score (nSPS) is 15.4. The van der Waals surface area contributed by atoms with E-state index in [0.29, 0.717) is 0 Å². The van der Waals surface area contributed by atoms with Gasteiger partial charge in [-0.3, -0.25) is 9.48 Å². The van der Waals surface area contributed by atoms with Crippen LogP contribution in [0.1, 0.15) is 48.8 Å². The van der Waals surface area contributed by atoms with Gasteiger partial charge in [0.1, 0.15) is 11.4 Å². The van der Waals surface area contributed by atoms with E-state index in [-0.39, 0.29) is 11.4 Å². The highest BCUT2D eigenvalue weighted by Gasteiger charge is 2.38. The fraction of sp³-hybridized carbons (Fsp3) is 0.379. The van der Waals surface area contributed by atoms with Gasteiger partial charge in [-0.25, -0.2) is 0 Å². The molecule has 0 bridgehead atoms. The van der Waals surface area contributed by atoms with E-state index in [1.54, 1.807) is 18.4 Å². The number of methoxy groups -OCH3 is 1. The van der Waals surface area contributed by atoms with Crippen molar-refractivity contribution in [2.24, 2.45) is 7.05 Å². The molecule has 0 saturated carbocycles. The number of benzene rings is 1. The third-order valence-corrected chi connectivity index (χ3v) is 8.36. The van der Waals surface area contributed by atoms with Gasteiger partial charge in [0.15, 0.2) is 0 Å². The number of ether oxygens (including phenoxy) is 1. The molecule has 1 aromatic carbocycles. The van der Waals surface area contributed by atoms with Gasteiger partial charge in [0.2, 0.25) is 0 Å². The molecule has 2 aliphatic heterocycles. The summed E-state index contributed by atoms with van der Waals surface area (Å²) in [6.45, 7) is 7.98. The summed E-state index contributed by atoms with van der Waals surface area (Å²) >= 11 is 1.75. The van der Waals surface area contributed by atoms with Crippen LogP contribution in [0.15, 0.2) is 41.9 Å². The summed E-state index contributed by atoms with van der Waals surface area (Å²) in [6.07, 6.45) is 4.68. The first kappa shape index (κ1) is 23.1. The first-order valence-corrected chi connectivity index (χ1v) is 13.5. The Labute approximate surface area is 216 Å². The van der Waals surface area contributed by atoms with Crippen molar-refractivity contribution in [2.45, 2.75) is 52.1 Å². The minimum absolute atomic E-state index is 0.154. The maximum Gasteiger partial charge on any atom is 0.271 e. The molecule has 2 aliphatic rings. The van der Waals surface area contributed by atoms with E-state index in [4.69, 9.17) is 4.74 Å². The predicted molar refractivity (Wildman–Crippen MR) is 145 cm³/mol. The van der Waals surface area contributed by atoms with Gasteiger partial charge in [-0.1, -0.05) is 6.07 Å². The monoisotopic (exact) mass is 500 g/mol. The minimum Gasteiger partial charge on any atom is -0.496 e. The molecule has 6 rings (SSSR count). The number of aryl methyl sites for hydroxylation is 2. The van der Waals surface area contributed by atoms with Crippen LogP contribution in [0.25, 0.3) is 33.0 Å². The Balaban J connectivity index is 1.64. The lowest BCUT2D eigenvalue weighted by Gasteiger charge is -2.35. The Morgan fingerprint density at radius 1 is 1.06 bits per heavy atom. The van der Waals surface area contributed by atoms with Crippen molar-refractivity contribution in [3.63, 3.8) is 0 Å². The van der Waals surface area contributed by atoms with Gasteiger partial charge in [0.05, 0.1) is 18.5 Å². The fourth-order valence-corrected chi connectivity index (χ4v) is 6.64. The zero-order valence-corrected chi connectivity index (χ0v) is 22.4. The molecule has 1 amide bonds. The molecule has 3 aromatic heterocycles. The second kappa shape index (κ2) is 8.37. The summed E-state index contributed by atoms with van der Waals surface area (Å²) in [5, 5.41) is 6.79. The summed E-state index contributed by atoms with van der Waals surface area (Å²) in [4.78, 5) is 17.4. The molecule has 0 N–H and O–H groups in total. The Morgan fingerprint density at radius 3 is 2.56 bits per heavy atom. The van der Waals surface area contributed by atoms with Gasteiger partial charge in [0, 0.05) is 53.4 Å². The standard InChI is InChI=1S/C29H32N4O2S/c1-29(2,3)33-12-6-8-19-25(24-9-7-15-36-24)26-20-17-21(22-11-13-31(4)30-22)23(35-5)16-18(20)10-14-32(26)27(19)28(33)34/h7,9,11,13,15-17H,6,8,10,12,14H2,1-5H3. The largest absolute Gasteiger partial charge is 0.496 e. The second-order valence-corrected chi connectivity index (χ2v) is 11.7. The van der Waals surface area contributed by atoms with E-state index in [1.807, 2.05) is 24.0 Å². The van der Waals surface area contributed by atoms with E-state index >= 15 is 0 Å². The minimum atomic E-state index is -0.224.